The molecule has 3 aliphatic rings. The van der Waals surface area contributed by atoms with Crippen molar-refractivity contribution in [2.45, 2.75) is 57.5 Å². The SMILES string of the molecule is O=C(Nc1ccc2c(c1)N(C(=O)C1CCCO1)CC2)C1CCCCC1. The van der Waals surface area contributed by atoms with Crippen LogP contribution in [0, 0.1) is 5.92 Å². The summed E-state index contributed by atoms with van der Waals surface area (Å²) in [7, 11) is 0. The van der Waals surface area contributed by atoms with E-state index >= 15 is 0 Å². The lowest BCUT2D eigenvalue weighted by Crippen LogP contribution is -2.37. The molecule has 1 saturated heterocycles. The number of ether oxygens (including phenoxy) is 1. The van der Waals surface area contributed by atoms with E-state index in [0.29, 0.717) is 13.2 Å². The summed E-state index contributed by atoms with van der Waals surface area (Å²) < 4.78 is 5.56. The summed E-state index contributed by atoms with van der Waals surface area (Å²) in [5.41, 5.74) is 2.89. The minimum atomic E-state index is -0.300. The van der Waals surface area contributed by atoms with E-state index in [1.807, 2.05) is 23.1 Å². The van der Waals surface area contributed by atoms with E-state index in [1.165, 1.54) is 12.0 Å². The zero-order valence-corrected chi connectivity index (χ0v) is 14.6. The Bertz CT molecular complexity index is 661. The molecule has 5 nitrogen and oxygen atoms in total. The molecular weight excluding hydrogens is 316 g/mol. The van der Waals surface area contributed by atoms with Gasteiger partial charge in [-0.1, -0.05) is 25.3 Å². The first-order valence-electron chi connectivity index (χ1n) is 9.59. The molecule has 1 saturated carbocycles. The molecule has 0 spiro atoms. The Morgan fingerprint density at radius 3 is 2.68 bits per heavy atom. The molecule has 2 aliphatic heterocycles. The van der Waals surface area contributed by atoms with Crippen molar-refractivity contribution in [1.82, 2.24) is 0 Å². The highest BCUT2D eigenvalue weighted by Crippen LogP contribution is 2.33. The van der Waals surface area contributed by atoms with Crippen molar-refractivity contribution in [2.24, 2.45) is 5.92 Å². The van der Waals surface area contributed by atoms with Crippen molar-refractivity contribution >= 4 is 23.2 Å². The predicted molar refractivity (Wildman–Crippen MR) is 96.7 cm³/mol. The fraction of sp³-hybridized carbons (Fsp3) is 0.600. The van der Waals surface area contributed by atoms with Gasteiger partial charge in [-0.25, -0.2) is 0 Å². The molecule has 5 heteroatoms. The molecule has 1 atom stereocenters. The molecule has 0 bridgehead atoms. The lowest BCUT2D eigenvalue weighted by Gasteiger charge is -2.23. The van der Waals surface area contributed by atoms with Crippen LogP contribution in [-0.4, -0.2) is 31.1 Å². The maximum atomic E-state index is 12.7. The quantitative estimate of drug-likeness (QED) is 0.917. The number of nitrogens with zero attached hydrogens (tertiary/aromatic N) is 1. The largest absolute Gasteiger partial charge is 0.368 e. The maximum Gasteiger partial charge on any atom is 0.256 e. The molecule has 4 rings (SSSR count). The number of hydrogen-bond donors (Lipinski definition) is 1. The second kappa shape index (κ2) is 7.16. The van der Waals surface area contributed by atoms with Crippen molar-refractivity contribution < 1.29 is 14.3 Å². The fourth-order valence-electron chi connectivity index (χ4n) is 4.24. The second-order valence-electron chi connectivity index (χ2n) is 7.41. The van der Waals surface area contributed by atoms with E-state index in [2.05, 4.69) is 5.32 Å². The summed E-state index contributed by atoms with van der Waals surface area (Å²) in [6, 6.07) is 5.95. The molecule has 2 fully saturated rings. The Morgan fingerprint density at radius 2 is 1.92 bits per heavy atom. The molecule has 2 heterocycles. The van der Waals surface area contributed by atoms with Gasteiger partial charge in [0.2, 0.25) is 5.91 Å². The highest BCUT2D eigenvalue weighted by Gasteiger charge is 2.33. The van der Waals surface area contributed by atoms with Crippen molar-refractivity contribution in [3.63, 3.8) is 0 Å². The number of carbonyl (C=O) groups excluding carboxylic acids is 2. The molecule has 25 heavy (non-hydrogen) atoms. The van der Waals surface area contributed by atoms with Gasteiger partial charge in [-0.2, -0.15) is 0 Å². The van der Waals surface area contributed by atoms with Crippen LogP contribution < -0.4 is 10.2 Å². The summed E-state index contributed by atoms with van der Waals surface area (Å²) in [5, 5.41) is 3.06. The number of carbonyl (C=O) groups is 2. The molecular formula is C20H26N2O3. The first kappa shape index (κ1) is 16.6. The van der Waals surface area contributed by atoms with Gasteiger partial charge in [-0.05, 0) is 49.8 Å². The normalized spacial score (nSPS) is 23.5. The van der Waals surface area contributed by atoms with Gasteiger partial charge in [0, 0.05) is 30.4 Å². The standard InChI is InChI=1S/C20H26N2O3/c23-19(15-5-2-1-3-6-15)21-16-9-8-14-10-11-22(17(14)13-16)20(24)18-7-4-12-25-18/h8-9,13,15,18H,1-7,10-12H2,(H,21,23). The van der Waals surface area contributed by atoms with E-state index in [1.54, 1.807) is 0 Å². The molecule has 1 aromatic carbocycles. The number of amides is 2. The summed E-state index contributed by atoms with van der Waals surface area (Å²) >= 11 is 0. The van der Waals surface area contributed by atoms with Gasteiger partial charge in [0.1, 0.15) is 6.10 Å². The monoisotopic (exact) mass is 342 g/mol. The van der Waals surface area contributed by atoms with Crippen LogP contribution >= 0.6 is 0 Å². The van der Waals surface area contributed by atoms with Crippen LogP contribution in [0.5, 0.6) is 0 Å². The van der Waals surface area contributed by atoms with Gasteiger partial charge < -0.3 is 15.0 Å². The van der Waals surface area contributed by atoms with Gasteiger partial charge in [0.15, 0.2) is 0 Å². The Hall–Kier alpha value is -1.88. The number of hydrogen-bond acceptors (Lipinski definition) is 3. The number of benzene rings is 1. The third kappa shape index (κ3) is 3.43. The van der Waals surface area contributed by atoms with Crippen LogP contribution in [0.15, 0.2) is 18.2 Å². The zero-order chi connectivity index (χ0) is 17.2. The predicted octanol–water partition coefficient (Wildman–Crippen LogP) is 3.27. The summed E-state index contributed by atoms with van der Waals surface area (Å²) in [6.45, 7) is 1.38. The lowest BCUT2D eigenvalue weighted by molar-refractivity contribution is -0.127. The first-order chi connectivity index (χ1) is 12.2. The van der Waals surface area contributed by atoms with E-state index in [9.17, 15) is 9.59 Å². The molecule has 0 radical (unpaired) electrons. The Labute approximate surface area is 148 Å². The van der Waals surface area contributed by atoms with E-state index in [4.69, 9.17) is 4.74 Å². The maximum absolute atomic E-state index is 12.7. The average molecular weight is 342 g/mol. The molecule has 1 N–H and O–H groups in total. The molecule has 1 aliphatic carbocycles. The molecule has 1 aromatic rings. The summed E-state index contributed by atoms with van der Waals surface area (Å²) in [5.74, 6) is 0.313. The fourth-order valence-corrected chi connectivity index (χ4v) is 4.24. The van der Waals surface area contributed by atoms with Crippen LogP contribution in [0.25, 0.3) is 0 Å². The van der Waals surface area contributed by atoms with Crippen LogP contribution in [-0.2, 0) is 20.7 Å². The zero-order valence-electron chi connectivity index (χ0n) is 14.6. The number of anilines is 2. The molecule has 134 valence electrons. The van der Waals surface area contributed by atoms with Crippen LogP contribution in [0.4, 0.5) is 11.4 Å². The Morgan fingerprint density at radius 1 is 1.08 bits per heavy atom. The average Bonchev–Trinajstić information content (AvgIpc) is 3.31. The van der Waals surface area contributed by atoms with Gasteiger partial charge >= 0.3 is 0 Å². The summed E-state index contributed by atoms with van der Waals surface area (Å²) in [4.78, 5) is 27.0. The van der Waals surface area contributed by atoms with Crippen LogP contribution in [0.2, 0.25) is 0 Å². The highest BCUT2D eigenvalue weighted by atomic mass is 16.5. The Balaban J connectivity index is 1.48. The minimum Gasteiger partial charge on any atom is -0.368 e. The van der Waals surface area contributed by atoms with Crippen molar-refractivity contribution in [3.05, 3.63) is 23.8 Å². The second-order valence-corrected chi connectivity index (χ2v) is 7.41. The topological polar surface area (TPSA) is 58.6 Å². The Kier molecular flexibility index (Phi) is 4.75. The highest BCUT2D eigenvalue weighted by molar-refractivity contribution is 6.00. The van der Waals surface area contributed by atoms with E-state index in [-0.39, 0.29) is 23.8 Å². The smallest absolute Gasteiger partial charge is 0.256 e. The lowest BCUT2D eigenvalue weighted by atomic mass is 9.88. The van der Waals surface area contributed by atoms with Crippen molar-refractivity contribution in [2.75, 3.05) is 23.4 Å². The van der Waals surface area contributed by atoms with E-state index in [0.717, 1.165) is 56.3 Å². The van der Waals surface area contributed by atoms with Gasteiger partial charge in [0.05, 0.1) is 0 Å². The summed E-state index contributed by atoms with van der Waals surface area (Å²) in [6.07, 6.45) is 7.83. The van der Waals surface area contributed by atoms with Crippen molar-refractivity contribution in [3.8, 4) is 0 Å². The van der Waals surface area contributed by atoms with E-state index < -0.39 is 0 Å². The molecule has 1 unspecified atom stereocenters. The van der Waals surface area contributed by atoms with Crippen molar-refractivity contribution in [1.29, 1.82) is 0 Å². The first-order valence-corrected chi connectivity index (χ1v) is 9.59. The third-order valence-corrected chi connectivity index (χ3v) is 5.70. The number of rotatable bonds is 3. The van der Waals surface area contributed by atoms with Gasteiger partial charge in [-0.15, -0.1) is 0 Å². The third-order valence-electron chi connectivity index (χ3n) is 5.70. The van der Waals surface area contributed by atoms with Crippen LogP contribution in [0.1, 0.15) is 50.5 Å². The van der Waals surface area contributed by atoms with Gasteiger partial charge in [0.25, 0.3) is 5.91 Å². The molecule has 0 aromatic heterocycles. The number of fused-ring (bicyclic) bond motifs is 1. The minimum absolute atomic E-state index is 0.0620. The van der Waals surface area contributed by atoms with Gasteiger partial charge in [-0.3, -0.25) is 9.59 Å². The van der Waals surface area contributed by atoms with Crippen LogP contribution in [0.3, 0.4) is 0 Å². The number of nitrogens with one attached hydrogen (secondary N) is 1. The molecule has 2 amide bonds.